The van der Waals surface area contributed by atoms with Crippen molar-refractivity contribution in [2.45, 2.75) is 19.9 Å². The van der Waals surface area contributed by atoms with Crippen LogP contribution in [0, 0.1) is 6.92 Å². The van der Waals surface area contributed by atoms with Gasteiger partial charge in [0.15, 0.2) is 5.69 Å². The molecule has 1 amide bonds. The van der Waals surface area contributed by atoms with Crippen molar-refractivity contribution in [2.24, 2.45) is 0 Å². The largest absolute Gasteiger partial charge is 0.497 e. The zero-order chi connectivity index (χ0) is 22.1. The smallest absolute Gasteiger partial charge is 0.338 e. The van der Waals surface area contributed by atoms with Crippen molar-refractivity contribution < 1.29 is 23.8 Å². The Bertz CT molecular complexity index is 1140. The van der Waals surface area contributed by atoms with Crippen LogP contribution in [0.2, 0.25) is 0 Å². The molecule has 0 spiro atoms. The van der Waals surface area contributed by atoms with Crippen molar-refractivity contribution in [2.75, 3.05) is 25.7 Å². The summed E-state index contributed by atoms with van der Waals surface area (Å²) >= 11 is 0. The average Bonchev–Trinajstić information content (AvgIpc) is 3.31. The number of methoxy groups -OCH3 is 2. The number of hydrogen-bond acceptors (Lipinski definition) is 6. The van der Waals surface area contributed by atoms with Crippen LogP contribution in [-0.2, 0) is 4.74 Å². The summed E-state index contributed by atoms with van der Waals surface area (Å²) < 4.78 is 16.0. The molecule has 0 aliphatic carbocycles. The highest BCUT2D eigenvalue weighted by molar-refractivity contribution is 6.11. The van der Waals surface area contributed by atoms with E-state index < -0.39 is 12.0 Å². The maximum absolute atomic E-state index is 13.3. The number of H-pyrrole nitrogens is 1. The lowest BCUT2D eigenvalue weighted by atomic mass is 9.97. The topological polar surface area (TPSA) is 93.8 Å². The van der Waals surface area contributed by atoms with Crippen molar-refractivity contribution in [3.05, 3.63) is 70.5 Å². The Hall–Kier alpha value is -3.81. The first-order chi connectivity index (χ1) is 15.0. The molecule has 8 nitrogen and oxygen atoms in total. The molecule has 160 valence electrons. The third-order valence-corrected chi connectivity index (χ3v) is 5.34. The Kier molecular flexibility index (Phi) is 5.37. The van der Waals surface area contributed by atoms with Crippen molar-refractivity contribution in [3.63, 3.8) is 0 Å². The predicted molar refractivity (Wildman–Crippen MR) is 114 cm³/mol. The van der Waals surface area contributed by atoms with Crippen LogP contribution in [0.1, 0.15) is 50.6 Å². The third kappa shape index (κ3) is 3.39. The van der Waals surface area contributed by atoms with E-state index in [2.05, 4.69) is 10.2 Å². The van der Waals surface area contributed by atoms with Gasteiger partial charge in [0.25, 0.3) is 5.91 Å². The van der Waals surface area contributed by atoms with Gasteiger partial charge in [-0.25, -0.2) is 4.79 Å². The minimum absolute atomic E-state index is 0.230. The molecule has 3 aromatic rings. The fraction of sp³-hybridized carbons (Fsp3) is 0.261. The SMILES string of the molecule is CCOC(=O)c1ccc(N2C(=O)c3n[nH]c(C)c3[C@@H]2c2ccc(OC)cc2OC)cc1. The summed E-state index contributed by atoms with van der Waals surface area (Å²) in [6.07, 6.45) is 0. The van der Waals surface area contributed by atoms with Gasteiger partial charge in [-0.05, 0) is 50.2 Å². The van der Waals surface area contributed by atoms with Crippen LogP contribution in [-0.4, -0.2) is 42.9 Å². The number of aromatic amines is 1. The summed E-state index contributed by atoms with van der Waals surface area (Å²) in [5.41, 5.74) is 3.83. The standard InChI is InChI=1S/C23H23N3O5/c1-5-31-23(28)14-6-8-15(9-7-14)26-21(19-13(2)24-25-20(19)22(26)27)17-11-10-16(29-3)12-18(17)30-4/h6-12,21H,5H2,1-4H3,(H,24,25)/t21-/m0/s1. The van der Waals surface area contributed by atoms with E-state index >= 15 is 0 Å². The molecule has 0 saturated heterocycles. The van der Waals surface area contributed by atoms with Crippen LogP contribution in [0.5, 0.6) is 11.5 Å². The molecular formula is C23H23N3O5. The van der Waals surface area contributed by atoms with Gasteiger partial charge in [-0.1, -0.05) is 0 Å². The van der Waals surface area contributed by atoms with Gasteiger partial charge in [-0.3, -0.25) is 14.8 Å². The highest BCUT2D eigenvalue weighted by Gasteiger charge is 2.43. The van der Waals surface area contributed by atoms with Crippen molar-refractivity contribution in [1.29, 1.82) is 0 Å². The lowest BCUT2D eigenvalue weighted by Crippen LogP contribution is -2.29. The van der Waals surface area contributed by atoms with Gasteiger partial charge in [-0.15, -0.1) is 0 Å². The summed E-state index contributed by atoms with van der Waals surface area (Å²) in [6.45, 7) is 3.94. The summed E-state index contributed by atoms with van der Waals surface area (Å²) in [7, 11) is 3.17. The Morgan fingerprint density at radius 1 is 1.13 bits per heavy atom. The lowest BCUT2D eigenvalue weighted by molar-refractivity contribution is 0.0526. The first kappa shape index (κ1) is 20.5. The summed E-state index contributed by atoms with van der Waals surface area (Å²) in [6, 6.07) is 11.8. The number of carbonyl (C=O) groups is 2. The van der Waals surface area contributed by atoms with Crippen LogP contribution >= 0.6 is 0 Å². The molecular weight excluding hydrogens is 398 g/mol. The maximum atomic E-state index is 13.3. The molecule has 0 saturated carbocycles. The first-order valence-electron chi connectivity index (χ1n) is 9.87. The summed E-state index contributed by atoms with van der Waals surface area (Å²) in [4.78, 5) is 27.0. The van der Waals surface area contributed by atoms with Crippen LogP contribution in [0.15, 0.2) is 42.5 Å². The van der Waals surface area contributed by atoms with E-state index in [1.165, 1.54) is 0 Å². The number of nitrogens with one attached hydrogen (secondary N) is 1. The molecule has 2 heterocycles. The van der Waals surface area contributed by atoms with E-state index in [0.717, 1.165) is 16.8 Å². The number of aromatic nitrogens is 2. The molecule has 1 aliphatic rings. The number of fused-ring (bicyclic) bond motifs is 1. The molecule has 1 N–H and O–H groups in total. The molecule has 1 aliphatic heterocycles. The Morgan fingerprint density at radius 3 is 2.52 bits per heavy atom. The van der Waals surface area contributed by atoms with Gasteiger partial charge in [0.1, 0.15) is 11.5 Å². The fourth-order valence-electron chi connectivity index (χ4n) is 3.87. The van der Waals surface area contributed by atoms with E-state index in [9.17, 15) is 9.59 Å². The summed E-state index contributed by atoms with van der Waals surface area (Å²) in [5, 5.41) is 7.15. The fourth-order valence-corrected chi connectivity index (χ4v) is 3.87. The van der Waals surface area contributed by atoms with Gasteiger partial charge in [-0.2, -0.15) is 5.10 Å². The van der Waals surface area contributed by atoms with Gasteiger partial charge in [0, 0.05) is 28.6 Å². The molecule has 0 unspecified atom stereocenters. The average molecular weight is 421 g/mol. The molecule has 0 bridgehead atoms. The number of nitrogens with zero attached hydrogens (tertiary/aromatic N) is 2. The number of ether oxygens (including phenoxy) is 3. The van der Waals surface area contributed by atoms with Crippen LogP contribution < -0.4 is 14.4 Å². The monoisotopic (exact) mass is 421 g/mol. The van der Waals surface area contributed by atoms with Gasteiger partial charge in [0.2, 0.25) is 0 Å². The van der Waals surface area contributed by atoms with E-state index in [4.69, 9.17) is 14.2 Å². The zero-order valence-corrected chi connectivity index (χ0v) is 17.8. The molecule has 1 aromatic heterocycles. The molecule has 31 heavy (non-hydrogen) atoms. The van der Waals surface area contributed by atoms with Crippen LogP contribution in [0.25, 0.3) is 0 Å². The third-order valence-electron chi connectivity index (χ3n) is 5.34. The Labute approximate surface area is 179 Å². The molecule has 0 radical (unpaired) electrons. The maximum Gasteiger partial charge on any atom is 0.338 e. The molecule has 1 atom stereocenters. The number of carbonyl (C=O) groups excluding carboxylic acids is 2. The number of esters is 1. The van der Waals surface area contributed by atoms with E-state index in [0.29, 0.717) is 35.1 Å². The molecule has 8 heteroatoms. The Balaban J connectivity index is 1.82. The number of anilines is 1. The molecule has 4 rings (SSSR count). The number of amides is 1. The predicted octanol–water partition coefficient (Wildman–Crippen LogP) is 3.66. The second-order valence-electron chi connectivity index (χ2n) is 7.06. The highest BCUT2D eigenvalue weighted by Crippen LogP contribution is 2.45. The van der Waals surface area contributed by atoms with E-state index in [1.54, 1.807) is 56.4 Å². The minimum atomic E-state index is -0.449. The highest BCUT2D eigenvalue weighted by atomic mass is 16.5. The quantitative estimate of drug-likeness (QED) is 0.611. The Morgan fingerprint density at radius 2 is 1.87 bits per heavy atom. The van der Waals surface area contributed by atoms with Crippen molar-refractivity contribution in [1.82, 2.24) is 10.2 Å². The normalized spacial score (nSPS) is 15.0. The molecule has 0 fully saturated rings. The second kappa shape index (κ2) is 8.14. The van der Waals surface area contributed by atoms with Gasteiger partial charge < -0.3 is 14.2 Å². The summed E-state index contributed by atoms with van der Waals surface area (Å²) in [5.74, 6) is 0.614. The van der Waals surface area contributed by atoms with Gasteiger partial charge >= 0.3 is 5.97 Å². The number of benzene rings is 2. The van der Waals surface area contributed by atoms with E-state index in [1.807, 2.05) is 19.1 Å². The number of rotatable bonds is 6. The van der Waals surface area contributed by atoms with Gasteiger partial charge in [0.05, 0.1) is 32.4 Å². The van der Waals surface area contributed by atoms with Crippen LogP contribution in [0.3, 0.4) is 0 Å². The van der Waals surface area contributed by atoms with E-state index in [-0.39, 0.29) is 5.91 Å². The molecule has 2 aromatic carbocycles. The number of aryl methyl sites for hydroxylation is 1. The first-order valence-corrected chi connectivity index (χ1v) is 9.87. The zero-order valence-electron chi connectivity index (χ0n) is 17.8. The second-order valence-corrected chi connectivity index (χ2v) is 7.06. The van der Waals surface area contributed by atoms with Crippen molar-refractivity contribution >= 4 is 17.6 Å². The van der Waals surface area contributed by atoms with Crippen LogP contribution in [0.4, 0.5) is 5.69 Å². The minimum Gasteiger partial charge on any atom is -0.497 e. The van der Waals surface area contributed by atoms with Crippen molar-refractivity contribution in [3.8, 4) is 11.5 Å². The lowest BCUT2D eigenvalue weighted by Gasteiger charge is -2.27. The number of hydrogen-bond donors (Lipinski definition) is 1.